The second-order valence-electron chi connectivity index (χ2n) is 5.74. The van der Waals surface area contributed by atoms with E-state index in [2.05, 4.69) is 0 Å². The fourth-order valence-electron chi connectivity index (χ4n) is 3.02. The first-order valence-electron chi connectivity index (χ1n) is 7.22. The third-order valence-corrected chi connectivity index (χ3v) is 4.10. The molecular weight excluding hydrogens is 246 g/mol. The standard InChI is InChI=1S/C14H23NO4/c1-10-4-6-12(19-10)14(18)15-8-2-3-11(9-15)5-7-13(16)17/h10-12H,2-9H2,1H3,(H,16,17)/t10-,11-,12-/m1/s1. The Balaban J connectivity index is 1.83. The van der Waals surface area contributed by atoms with Crippen LogP contribution in [0.1, 0.15) is 45.4 Å². The molecule has 0 aromatic heterocycles. The summed E-state index contributed by atoms with van der Waals surface area (Å²) in [7, 11) is 0. The van der Waals surface area contributed by atoms with Crippen LogP contribution in [-0.2, 0) is 14.3 Å². The number of hydrogen-bond acceptors (Lipinski definition) is 3. The SMILES string of the molecule is C[C@@H]1CC[C@H](C(=O)N2CCC[C@H](CCC(=O)O)C2)O1. The Bertz CT molecular complexity index is 344. The molecular formula is C14H23NO4. The van der Waals surface area contributed by atoms with Crippen LogP contribution >= 0.6 is 0 Å². The molecule has 0 bridgehead atoms. The van der Waals surface area contributed by atoms with Crippen LogP contribution in [-0.4, -0.2) is 47.2 Å². The fourth-order valence-corrected chi connectivity index (χ4v) is 3.02. The van der Waals surface area contributed by atoms with E-state index in [1.165, 1.54) is 0 Å². The lowest BCUT2D eigenvalue weighted by Crippen LogP contribution is -2.45. The van der Waals surface area contributed by atoms with Crippen LogP contribution < -0.4 is 0 Å². The maximum atomic E-state index is 12.3. The molecule has 2 aliphatic rings. The molecule has 3 atom stereocenters. The zero-order valence-corrected chi connectivity index (χ0v) is 11.5. The van der Waals surface area contributed by atoms with Crippen molar-refractivity contribution >= 4 is 11.9 Å². The van der Waals surface area contributed by atoms with Gasteiger partial charge < -0.3 is 14.7 Å². The Kier molecular flexibility index (Phi) is 4.80. The summed E-state index contributed by atoms with van der Waals surface area (Å²) in [5, 5.41) is 8.72. The van der Waals surface area contributed by atoms with Gasteiger partial charge in [-0.15, -0.1) is 0 Å². The van der Waals surface area contributed by atoms with Crippen molar-refractivity contribution in [1.29, 1.82) is 0 Å². The third kappa shape index (κ3) is 3.93. The second kappa shape index (κ2) is 6.37. The van der Waals surface area contributed by atoms with Gasteiger partial charge >= 0.3 is 5.97 Å². The Hall–Kier alpha value is -1.10. The van der Waals surface area contributed by atoms with Gasteiger partial charge in [-0.25, -0.2) is 0 Å². The van der Waals surface area contributed by atoms with Crippen LogP contribution in [0, 0.1) is 5.92 Å². The molecule has 0 radical (unpaired) electrons. The van der Waals surface area contributed by atoms with E-state index >= 15 is 0 Å². The molecule has 2 rings (SSSR count). The van der Waals surface area contributed by atoms with Gasteiger partial charge in [-0.05, 0) is 44.9 Å². The Morgan fingerprint density at radius 1 is 1.32 bits per heavy atom. The molecule has 0 aromatic rings. The number of amides is 1. The molecule has 2 heterocycles. The number of ether oxygens (including phenoxy) is 1. The summed E-state index contributed by atoms with van der Waals surface area (Å²) < 4.78 is 5.62. The van der Waals surface area contributed by atoms with Gasteiger partial charge in [-0.3, -0.25) is 9.59 Å². The van der Waals surface area contributed by atoms with Crippen LogP contribution in [0.2, 0.25) is 0 Å². The number of aliphatic carboxylic acids is 1. The second-order valence-corrected chi connectivity index (χ2v) is 5.74. The number of nitrogens with zero attached hydrogens (tertiary/aromatic N) is 1. The molecule has 1 N–H and O–H groups in total. The summed E-state index contributed by atoms with van der Waals surface area (Å²) >= 11 is 0. The summed E-state index contributed by atoms with van der Waals surface area (Å²) in [6, 6.07) is 0. The minimum absolute atomic E-state index is 0.101. The van der Waals surface area contributed by atoms with Crippen molar-refractivity contribution < 1.29 is 19.4 Å². The van der Waals surface area contributed by atoms with E-state index in [0.717, 1.165) is 32.2 Å². The minimum atomic E-state index is -0.753. The Morgan fingerprint density at radius 2 is 2.11 bits per heavy atom. The van der Waals surface area contributed by atoms with Crippen molar-refractivity contribution in [1.82, 2.24) is 4.90 Å². The highest BCUT2D eigenvalue weighted by Gasteiger charge is 2.33. The normalized spacial score (nSPS) is 31.4. The molecule has 5 heteroatoms. The first kappa shape index (κ1) is 14.3. The van der Waals surface area contributed by atoms with Gasteiger partial charge in [-0.2, -0.15) is 0 Å². The monoisotopic (exact) mass is 269 g/mol. The number of carbonyl (C=O) groups is 2. The predicted octanol–water partition coefficient (Wildman–Crippen LogP) is 1.66. The third-order valence-electron chi connectivity index (χ3n) is 4.10. The van der Waals surface area contributed by atoms with Crippen molar-refractivity contribution in [2.45, 2.75) is 57.7 Å². The van der Waals surface area contributed by atoms with Gasteiger partial charge in [0.1, 0.15) is 6.10 Å². The number of carboxylic acid groups (broad SMARTS) is 1. The minimum Gasteiger partial charge on any atom is -0.481 e. The van der Waals surface area contributed by atoms with E-state index in [1.807, 2.05) is 11.8 Å². The molecule has 2 saturated heterocycles. The number of carboxylic acids is 1. The Morgan fingerprint density at radius 3 is 2.74 bits per heavy atom. The van der Waals surface area contributed by atoms with Gasteiger partial charge in [0.2, 0.25) is 0 Å². The first-order chi connectivity index (χ1) is 9.06. The predicted molar refractivity (Wildman–Crippen MR) is 69.7 cm³/mol. The van der Waals surface area contributed by atoms with Crippen molar-refractivity contribution in [2.75, 3.05) is 13.1 Å². The summed E-state index contributed by atoms with van der Waals surface area (Å²) in [6.07, 6.45) is 4.54. The van der Waals surface area contributed by atoms with Gasteiger partial charge in [0, 0.05) is 19.5 Å². The van der Waals surface area contributed by atoms with Gasteiger partial charge in [0.05, 0.1) is 6.10 Å². The highest BCUT2D eigenvalue weighted by Crippen LogP contribution is 2.25. The van der Waals surface area contributed by atoms with Gasteiger partial charge in [-0.1, -0.05) is 0 Å². The molecule has 0 saturated carbocycles. The van der Waals surface area contributed by atoms with E-state index in [4.69, 9.17) is 9.84 Å². The largest absolute Gasteiger partial charge is 0.481 e. The molecule has 2 aliphatic heterocycles. The van der Waals surface area contributed by atoms with Crippen LogP contribution in [0.4, 0.5) is 0 Å². The number of piperidine rings is 1. The lowest BCUT2D eigenvalue weighted by Gasteiger charge is -2.34. The van der Waals surface area contributed by atoms with Gasteiger partial charge in [0.25, 0.3) is 5.91 Å². The maximum Gasteiger partial charge on any atom is 0.303 e. The maximum absolute atomic E-state index is 12.3. The summed E-state index contributed by atoms with van der Waals surface area (Å²) in [5.74, 6) is -0.326. The molecule has 0 unspecified atom stereocenters. The lowest BCUT2D eigenvalue weighted by molar-refractivity contribution is -0.144. The van der Waals surface area contributed by atoms with E-state index in [0.29, 0.717) is 18.9 Å². The molecule has 1 amide bonds. The summed E-state index contributed by atoms with van der Waals surface area (Å²) in [5.41, 5.74) is 0. The number of hydrogen-bond donors (Lipinski definition) is 1. The van der Waals surface area contributed by atoms with E-state index < -0.39 is 5.97 Å². The quantitative estimate of drug-likeness (QED) is 0.843. The molecule has 2 fully saturated rings. The summed E-state index contributed by atoms with van der Waals surface area (Å²) in [4.78, 5) is 24.8. The van der Waals surface area contributed by atoms with E-state index in [-0.39, 0.29) is 24.5 Å². The summed E-state index contributed by atoms with van der Waals surface area (Å²) in [6.45, 7) is 3.48. The lowest BCUT2D eigenvalue weighted by atomic mass is 9.93. The van der Waals surface area contributed by atoms with Crippen molar-refractivity contribution in [3.05, 3.63) is 0 Å². The van der Waals surface area contributed by atoms with Crippen molar-refractivity contribution in [3.8, 4) is 0 Å². The molecule has 0 spiro atoms. The van der Waals surface area contributed by atoms with Crippen LogP contribution in [0.3, 0.4) is 0 Å². The van der Waals surface area contributed by atoms with Crippen LogP contribution in [0.15, 0.2) is 0 Å². The molecule has 5 nitrogen and oxygen atoms in total. The molecule has 0 aromatic carbocycles. The van der Waals surface area contributed by atoms with Gasteiger partial charge in [0.15, 0.2) is 0 Å². The number of carbonyl (C=O) groups excluding carboxylic acids is 1. The van der Waals surface area contributed by atoms with Crippen LogP contribution in [0.25, 0.3) is 0 Å². The molecule has 0 aliphatic carbocycles. The smallest absolute Gasteiger partial charge is 0.303 e. The molecule has 19 heavy (non-hydrogen) atoms. The van der Waals surface area contributed by atoms with E-state index in [1.54, 1.807) is 0 Å². The first-order valence-corrected chi connectivity index (χ1v) is 7.22. The average molecular weight is 269 g/mol. The highest BCUT2D eigenvalue weighted by molar-refractivity contribution is 5.81. The fraction of sp³-hybridized carbons (Fsp3) is 0.857. The number of likely N-dealkylation sites (tertiary alicyclic amines) is 1. The zero-order valence-electron chi connectivity index (χ0n) is 11.5. The van der Waals surface area contributed by atoms with Crippen molar-refractivity contribution in [3.63, 3.8) is 0 Å². The van der Waals surface area contributed by atoms with E-state index in [9.17, 15) is 9.59 Å². The topological polar surface area (TPSA) is 66.8 Å². The Labute approximate surface area is 113 Å². The molecule has 108 valence electrons. The van der Waals surface area contributed by atoms with Crippen LogP contribution in [0.5, 0.6) is 0 Å². The zero-order chi connectivity index (χ0) is 13.8. The average Bonchev–Trinajstić information content (AvgIpc) is 2.82. The number of rotatable bonds is 4. The highest BCUT2D eigenvalue weighted by atomic mass is 16.5. The van der Waals surface area contributed by atoms with Crippen molar-refractivity contribution in [2.24, 2.45) is 5.92 Å².